The molecule has 0 spiro atoms. The second-order valence-corrected chi connectivity index (χ2v) is 4.53. The largest absolute Gasteiger partial charge is 0.494 e. The van der Waals surface area contributed by atoms with Gasteiger partial charge in [-0.1, -0.05) is 12.1 Å². The number of carbonyl (C=O) groups is 1. The SMILES string of the molecule is COc1cccc2c(NCCCCF)c(C(=O)O)cnc12. The lowest BCUT2D eigenvalue weighted by molar-refractivity contribution is 0.0697. The van der Waals surface area contributed by atoms with E-state index < -0.39 is 5.97 Å². The van der Waals surface area contributed by atoms with Crippen LogP contribution in [0.2, 0.25) is 0 Å². The first-order valence-corrected chi connectivity index (χ1v) is 6.68. The Labute approximate surface area is 121 Å². The molecule has 21 heavy (non-hydrogen) atoms. The molecule has 0 aliphatic carbocycles. The number of ether oxygens (including phenoxy) is 1. The van der Waals surface area contributed by atoms with Gasteiger partial charge in [0.1, 0.15) is 16.8 Å². The van der Waals surface area contributed by atoms with Crippen LogP contribution in [0.3, 0.4) is 0 Å². The number of rotatable bonds is 7. The highest BCUT2D eigenvalue weighted by Gasteiger charge is 2.16. The highest BCUT2D eigenvalue weighted by molar-refractivity contribution is 6.05. The van der Waals surface area contributed by atoms with Crippen LogP contribution in [0.5, 0.6) is 5.75 Å². The number of halogens is 1. The summed E-state index contributed by atoms with van der Waals surface area (Å²) in [5, 5.41) is 13.0. The number of carboxylic acid groups (broad SMARTS) is 1. The van der Waals surface area contributed by atoms with E-state index in [0.29, 0.717) is 41.7 Å². The minimum Gasteiger partial charge on any atom is -0.494 e. The van der Waals surface area contributed by atoms with Crippen molar-refractivity contribution in [3.05, 3.63) is 30.0 Å². The lowest BCUT2D eigenvalue weighted by Gasteiger charge is -2.13. The van der Waals surface area contributed by atoms with Crippen LogP contribution in [0.1, 0.15) is 23.2 Å². The van der Waals surface area contributed by atoms with E-state index in [1.54, 1.807) is 18.2 Å². The van der Waals surface area contributed by atoms with Gasteiger partial charge in [-0.3, -0.25) is 9.37 Å². The number of fused-ring (bicyclic) bond motifs is 1. The first-order chi connectivity index (χ1) is 10.2. The van der Waals surface area contributed by atoms with Crippen LogP contribution in [0.4, 0.5) is 10.1 Å². The zero-order valence-corrected chi connectivity index (χ0v) is 11.7. The van der Waals surface area contributed by atoms with E-state index in [4.69, 9.17) is 4.74 Å². The van der Waals surface area contributed by atoms with Gasteiger partial charge in [0.25, 0.3) is 0 Å². The number of aromatic carboxylic acids is 1. The van der Waals surface area contributed by atoms with E-state index >= 15 is 0 Å². The third-order valence-electron chi connectivity index (χ3n) is 3.17. The summed E-state index contributed by atoms with van der Waals surface area (Å²) in [4.78, 5) is 15.5. The van der Waals surface area contributed by atoms with Gasteiger partial charge in [-0.2, -0.15) is 0 Å². The molecule has 1 aromatic carbocycles. The molecule has 2 rings (SSSR count). The maximum atomic E-state index is 12.1. The second-order valence-electron chi connectivity index (χ2n) is 4.53. The van der Waals surface area contributed by atoms with Gasteiger partial charge in [0.05, 0.1) is 19.5 Å². The Balaban J connectivity index is 2.46. The van der Waals surface area contributed by atoms with Crippen LogP contribution in [-0.4, -0.2) is 36.4 Å². The summed E-state index contributed by atoms with van der Waals surface area (Å²) in [5.41, 5.74) is 1.18. The van der Waals surface area contributed by atoms with Gasteiger partial charge in [-0.05, 0) is 18.9 Å². The standard InChI is InChI=1S/C15H17FN2O3/c1-21-12-6-4-5-10-13(17-8-3-2-7-16)11(15(19)20)9-18-14(10)12/h4-6,9H,2-3,7-8H2,1H3,(H,17,18)(H,19,20). The van der Waals surface area contributed by atoms with E-state index in [0.717, 1.165) is 0 Å². The van der Waals surface area contributed by atoms with E-state index in [2.05, 4.69) is 10.3 Å². The van der Waals surface area contributed by atoms with Crippen molar-refractivity contribution in [2.75, 3.05) is 25.6 Å². The molecule has 1 aromatic heterocycles. The van der Waals surface area contributed by atoms with Crippen molar-refractivity contribution in [2.45, 2.75) is 12.8 Å². The topological polar surface area (TPSA) is 71.5 Å². The van der Waals surface area contributed by atoms with Crippen LogP contribution in [0.15, 0.2) is 24.4 Å². The molecule has 0 bridgehead atoms. The number of para-hydroxylation sites is 1. The number of hydrogen-bond acceptors (Lipinski definition) is 4. The zero-order valence-electron chi connectivity index (χ0n) is 11.7. The van der Waals surface area contributed by atoms with Crippen LogP contribution in [-0.2, 0) is 0 Å². The summed E-state index contributed by atoms with van der Waals surface area (Å²) in [6, 6.07) is 5.33. The normalized spacial score (nSPS) is 10.6. The predicted octanol–water partition coefficient (Wildman–Crippen LogP) is 3.10. The fraction of sp³-hybridized carbons (Fsp3) is 0.333. The zero-order chi connectivity index (χ0) is 15.2. The molecule has 0 saturated heterocycles. The molecular weight excluding hydrogens is 275 g/mol. The molecule has 0 unspecified atom stereocenters. The average molecular weight is 292 g/mol. The van der Waals surface area contributed by atoms with Crippen molar-refractivity contribution in [3.63, 3.8) is 0 Å². The number of carboxylic acids is 1. The van der Waals surface area contributed by atoms with Crippen molar-refractivity contribution >= 4 is 22.6 Å². The lowest BCUT2D eigenvalue weighted by atomic mass is 10.1. The molecule has 0 aliphatic heterocycles. The molecule has 0 radical (unpaired) electrons. The van der Waals surface area contributed by atoms with Gasteiger partial charge in [-0.15, -0.1) is 0 Å². The molecule has 2 aromatic rings. The first-order valence-electron chi connectivity index (χ1n) is 6.68. The molecule has 0 atom stereocenters. The molecular formula is C15H17FN2O3. The van der Waals surface area contributed by atoms with E-state index in [1.165, 1.54) is 13.3 Å². The predicted molar refractivity (Wildman–Crippen MR) is 79.0 cm³/mol. The minimum absolute atomic E-state index is 0.0935. The minimum atomic E-state index is -1.06. The van der Waals surface area contributed by atoms with Gasteiger partial charge in [0.15, 0.2) is 0 Å². The number of benzene rings is 1. The molecule has 5 nitrogen and oxygen atoms in total. The van der Waals surface area contributed by atoms with Crippen LogP contribution < -0.4 is 10.1 Å². The number of nitrogens with zero attached hydrogens (tertiary/aromatic N) is 1. The number of nitrogens with one attached hydrogen (secondary N) is 1. The highest BCUT2D eigenvalue weighted by Crippen LogP contribution is 2.31. The highest BCUT2D eigenvalue weighted by atomic mass is 19.1. The number of aromatic nitrogens is 1. The Morgan fingerprint density at radius 3 is 2.90 bits per heavy atom. The lowest BCUT2D eigenvalue weighted by Crippen LogP contribution is -2.09. The number of anilines is 1. The van der Waals surface area contributed by atoms with Crippen molar-refractivity contribution in [3.8, 4) is 5.75 Å². The number of methoxy groups -OCH3 is 1. The molecule has 0 saturated carbocycles. The van der Waals surface area contributed by atoms with Crippen molar-refractivity contribution in [1.29, 1.82) is 0 Å². The molecule has 0 amide bonds. The molecule has 0 fully saturated rings. The van der Waals surface area contributed by atoms with Crippen LogP contribution in [0, 0.1) is 0 Å². The van der Waals surface area contributed by atoms with Gasteiger partial charge < -0.3 is 15.2 Å². The summed E-state index contributed by atoms with van der Waals surface area (Å²) < 4.78 is 17.4. The van der Waals surface area contributed by atoms with E-state index in [9.17, 15) is 14.3 Å². The Hall–Kier alpha value is -2.37. The van der Waals surface area contributed by atoms with Crippen molar-refractivity contribution < 1.29 is 19.0 Å². The number of pyridine rings is 1. The van der Waals surface area contributed by atoms with Crippen LogP contribution >= 0.6 is 0 Å². The summed E-state index contributed by atoms with van der Waals surface area (Å²) in [6.07, 6.45) is 2.38. The van der Waals surface area contributed by atoms with E-state index in [1.807, 2.05) is 0 Å². The maximum absolute atomic E-state index is 12.1. The third-order valence-corrected chi connectivity index (χ3v) is 3.17. The summed E-state index contributed by atoms with van der Waals surface area (Å²) in [6.45, 7) is 0.124. The quantitative estimate of drug-likeness (QED) is 0.767. The summed E-state index contributed by atoms with van der Waals surface area (Å²) in [5.74, 6) is -0.476. The van der Waals surface area contributed by atoms with Gasteiger partial charge in [-0.25, -0.2) is 4.79 Å². The van der Waals surface area contributed by atoms with Gasteiger partial charge >= 0.3 is 5.97 Å². The number of alkyl halides is 1. The fourth-order valence-corrected chi connectivity index (χ4v) is 2.15. The van der Waals surface area contributed by atoms with Crippen molar-refractivity contribution in [1.82, 2.24) is 4.98 Å². The molecule has 6 heteroatoms. The monoisotopic (exact) mass is 292 g/mol. The Bertz CT molecular complexity index is 646. The van der Waals surface area contributed by atoms with Crippen LogP contribution in [0.25, 0.3) is 10.9 Å². The third kappa shape index (κ3) is 3.21. The Morgan fingerprint density at radius 1 is 1.43 bits per heavy atom. The Morgan fingerprint density at radius 2 is 2.24 bits per heavy atom. The molecule has 112 valence electrons. The number of unbranched alkanes of at least 4 members (excludes halogenated alkanes) is 1. The number of hydrogen-bond donors (Lipinski definition) is 2. The van der Waals surface area contributed by atoms with Gasteiger partial charge in [0.2, 0.25) is 0 Å². The van der Waals surface area contributed by atoms with Crippen molar-refractivity contribution in [2.24, 2.45) is 0 Å². The van der Waals surface area contributed by atoms with Gasteiger partial charge in [0, 0.05) is 18.1 Å². The maximum Gasteiger partial charge on any atom is 0.339 e. The average Bonchev–Trinajstić information content (AvgIpc) is 2.50. The summed E-state index contributed by atoms with van der Waals surface area (Å²) in [7, 11) is 1.54. The molecule has 2 N–H and O–H groups in total. The first kappa shape index (κ1) is 15.0. The fourth-order valence-electron chi connectivity index (χ4n) is 2.15. The molecule has 0 aliphatic rings. The molecule has 1 heterocycles. The van der Waals surface area contributed by atoms with E-state index in [-0.39, 0.29) is 12.2 Å². The smallest absolute Gasteiger partial charge is 0.339 e. The second kappa shape index (κ2) is 6.88. The summed E-state index contributed by atoms with van der Waals surface area (Å²) >= 11 is 0. The Kier molecular flexibility index (Phi) is 4.92.